The van der Waals surface area contributed by atoms with Crippen LogP contribution in [-0.4, -0.2) is 23.4 Å². The lowest BCUT2D eigenvalue weighted by Crippen LogP contribution is -2.43. The van der Waals surface area contributed by atoms with Crippen molar-refractivity contribution in [2.24, 2.45) is 5.73 Å². The molecule has 0 aromatic heterocycles. The first-order valence-corrected chi connectivity index (χ1v) is 6.19. The van der Waals surface area contributed by atoms with Crippen LogP contribution in [-0.2, 0) is 4.79 Å². The molecule has 1 aromatic rings. The second-order valence-electron chi connectivity index (χ2n) is 4.51. The van der Waals surface area contributed by atoms with Gasteiger partial charge in [0.1, 0.15) is 6.04 Å². The predicted octanol–water partition coefficient (Wildman–Crippen LogP) is 2.33. The summed E-state index contributed by atoms with van der Waals surface area (Å²) in [7, 11) is 0. The molecule has 1 rings (SSSR count). The Morgan fingerprint density at radius 3 is 2.35 bits per heavy atom. The topological polar surface area (TPSA) is 46.3 Å². The fourth-order valence-corrected chi connectivity index (χ4v) is 1.85. The Kier molecular flexibility index (Phi) is 5.16. The Morgan fingerprint density at radius 1 is 1.29 bits per heavy atom. The van der Waals surface area contributed by atoms with Crippen molar-refractivity contribution in [2.75, 3.05) is 6.54 Å². The molecule has 0 bridgehead atoms. The average Bonchev–Trinajstić information content (AvgIpc) is 2.35. The molecular weight excluding hydrogens is 212 g/mol. The van der Waals surface area contributed by atoms with Gasteiger partial charge >= 0.3 is 0 Å². The predicted molar refractivity (Wildman–Crippen MR) is 70.5 cm³/mol. The molecule has 0 saturated heterocycles. The molecule has 0 aliphatic rings. The normalized spacial score (nSPS) is 12.5. The highest BCUT2D eigenvalue weighted by molar-refractivity contribution is 5.83. The van der Waals surface area contributed by atoms with Crippen molar-refractivity contribution >= 4 is 5.91 Å². The summed E-state index contributed by atoms with van der Waals surface area (Å²) >= 11 is 0. The lowest BCUT2D eigenvalue weighted by molar-refractivity contribution is -0.134. The smallest absolute Gasteiger partial charge is 0.244 e. The molecule has 0 unspecified atom stereocenters. The maximum absolute atomic E-state index is 12.3. The summed E-state index contributed by atoms with van der Waals surface area (Å²) in [5.74, 6) is 0.00745. The van der Waals surface area contributed by atoms with Crippen LogP contribution in [0.4, 0.5) is 0 Å². The quantitative estimate of drug-likeness (QED) is 0.850. The summed E-state index contributed by atoms with van der Waals surface area (Å²) in [5.41, 5.74) is 6.89. The van der Waals surface area contributed by atoms with Crippen molar-refractivity contribution in [3.05, 3.63) is 35.9 Å². The number of hydrogen-bond donors (Lipinski definition) is 1. The van der Waals surface area contributed by atoms with Crippen molar-refractivity contribution in [1.82, 2.24) is 4.90 Å². The van der Waals surface area contributed by atoms with E-state index in [1.807, 2.05) is 49.1 Å². The van der Waals surface area contributed by atoms with Gasteiger partial charge in [0.2, 0.25) is 5.91 Å². The highest BCUT2D eigenvalue weighted by Gasteiger charge is 2.23. The molecule has 0 spiro atoms. The minimum absolute atomic E-state index is 0.00745. The third-order valence-corrected chi connectivity index (χ3v) is 2.80. The third kappa shape index (κ3) is 3.56. The fourth-order valence-electron chi connectivity index (χ4n) is 1.85. The molecule has 94 valence electrons. The van der Waals surface area contributed by atoms with Crippen LogP contribution in [0.15, 0.2) is 30.3 Å². The first-order valence-electron chi connectivity index (χ1n) is 6.19. The van der Waals surface area contributed by atoms with Crippen LogP contribution >= 0.6 is 0 Å². The van der Waals surface area contributed by atoms with E-state index in [0.29, 0.717) is 0 Å². The van der Waals surface area contributed by atoms with E-state index in [0.717, 1.165) is 18.5 Å². The second kappa shape index (κ2) is 6.40. The van der Waals surface area contributed by atoms with Gasteiger partial charge in [0.15, 0.2) is 0 Å². The van der Waals surface area contributed by atoms with E-state index in [1.54, 1.807) is 0 Å². The molecule has 3 nitrogen and oxygen atoms in total. The van der Waals surface area contributed by atoms with Crippen molar-refractivity contribution in [2.45, 2.75) is 39.3 Å². The average molecular weight is 234 g/mol. The van der Waals surface area contributed by atoms with E-state index in [2.05, 4.69) is 6.92 Å². The molecule has 0 saturated carbocycles. The Hall–Kier alpha value is -1.35. The summed E-state index contributed by atoms with van der Waals surface area (Å²) in [6.07, 6.45) is 0.950. The lowest BCUT2D eigenvalue weighted by atomic mass is 10.1. The zero-order chi connectivity index (χ0) is 12.8. The van der Waals surface area contributed by atoms with Crippen LogP contribution in [0, 0.1) is 0 Å². The molecule has 3 heteroatoms. The van der Waals surface area contributed by atoms with E-state index >= 15 is 0 Å². The largest absolute Gasteiger partial charge is 0.339 e. The molecule has 1 aromatic carbocycles. The van der Waals surface area contributed by atoms with Crippen LogP contribution in [0.2, 0.25) is 0 Å². The van der Waals surface area contributed by atoms with Gasteiger partial charge in [-0.1, -0.05) is 37.3 Å². The third-order valence-electron chi connectivity index (χ3n) is 2.80. The molecule has 0 aliphatic carbocycles. The van der Waals surface area contributed by atoms with Gasteiger partial charge in [-0.3, -0.25) is 4.79 Å². The minimum Gasteiger partial charge on any atom is -0.339 e. The fraction of sp³-hybridized carbons (Fsp3) is 0.500. The lowest BCUT2D eigenvalue weighted by Gasteiger charge is -2.29. The first-order chi connectivity index (χ1) is 8.07. The maximum atomic E-state index is 12.3. The Morgan fingerprint density at radius 2 is 1.88 bits per heavy atom. The van der Waals surface area contributed by atoms with E-state index in [-0.39, 0.29) is 11.9 Å². The van der Waals surface area contributed by atoms with E-state index < -0.39 is 6.04 Å². The Balaban J connectivity index is 2.80. The number of amides is 1. The molecule has 0 fully saturated rings. The number of nitrogens with two attached hydrogens (primary N) is 1. The van der Waals surface area contributed by atoms with Gasteiger partial charge in [0, 0.05) is 12.6 Å². The maximum Gasteiger partial charge on any atom is 0.244 e. The van der Waals surface area contributed by atoms with Gasteiger partial charge in [0.05, 0.1) is 0 Å². The van der Waals surface area contributed by atoms with Gasteiger partial charge in [-0.15, -0.1) is 0 Å². The standard InChI is InChI=1S/C14H22N2O/c1-4-10-16(11(2)3)14(17)13(15)12-8-6-5-7-9-12/h5-9,11,13H,4,10,15H2,1-3H3/t13-/m0/s1. The minimum atomic E-state index is -0.551. The zero-order valence-electron chi connectivity index (χ0n) is 10.9. The molecule has 1 amide bonds. The summed E-state index contributed by atoms with van der Waals surface area (Å²) in [5, 5.41) is 0. The number of hydrogen-bond acceptors (Lipinski definition) is 2. The summed E-state index contributed by atoms with van der Waals surface area (Å²) in [4.78, 5) is 14.1. The van der Waals surface area contributed by atoms with Gasteiger partial charge in [-0.2, -0.15) is 0 Å². The number of rotatable bonds is 5. The molecule has 17 heavy (non-hydrogen) atoms. The second-order valence-corrected chi connectivity index (χ2v) is 4.51. The zero-order valence-corrected chi connectivity index (χ0v) is 10.9. The molecule has 0 radical (unpaired) electrons. The summed E-state index contributed by atoms with van der Waals surface area (Å²) < 4.78 is 0. The van der Waals surface area contributed by atoms with Gasteiger partial charge in [0.25, 0.3) is 0 Å². The van der Waals surface area contributed by atoms with Crippen molar-refractivity contribution in [1.29, 1.82) is 0 Å². The number of benzene rings is 1. The molecule has 0 heterocycles. The monoisotopic (exact) mass is 234 g/mol. The molecule has 2 N–H and O–H groups in total. The van der Waals surface area contributed by atoms with Crippen LogP contribution in [0.5, 0.6) is 0 Å². The first kappa shape index (κ1) is 13.7. The van der Waals surface area contributed by atoms with Gasteiger partial charge < -0.3 is 10.6 Å². The summed E-state index contributed by atoms with van der Waals surface area (Å²) in [6, 6.07) is 9.17. The van der Waals surface area contributed by atoms with E-state index in [1.165, 1.54) is 0 Å². The number of carbonyl (C=O) groups excluding carboxylic acids is 1. The van der Waals surface area contributed by atoms with Crippen LogP contribution in [0.3, 0.4) is 0 Å². The van der Waals surface area contributed by atoms with E-state index in [9.17, 15) is 4.79 Å². The van der Waals surface area contributed by atoms with Crippen LogP contribution < -0.4 is 5.73 Å². The SMILES string of the molecule is CCCN(C(=O)[C@@H](N)c1ccccc1)C(C)C. The molecular formula is C14H22N2O. The van der Waals surface area contributed by atoms with E-state index in [4.69, 9.17) is 5.73 Å². The van der Waals surface area contributed by atoms with Crippen molar-refractivity contribution < 1.29 is 4.79 Å². The highest BCUT2D eigenvalue weighted by atomic mass is 16.2. The van der Waals surface area contributed by atoms with Gasteiger partial charge in [-0.25, -0.2) is 0 Å². The van der Waals surface area contributed by atoms with Gasteiger partial charge in [-0.05, 0) is 25.8 Å². The Bertz CT molecular complexity index is 348. The van der Waals surface area contributed by atoms with Crippen molar-refractivity contribution in [3.8, 4) is 0 Å². The highest BCUT2D eigenvalue weighted by Crippen LogP contribution is 2.14. The molecule has 0 aliphatic heterocycles. The molecule has 1 atom stereocenters. The number of nitrogens with zero attached hydrogens (tertiary/aromatic N) is 1. The number of carbonyl (C=O) groups is 1. The Labute approximate surface area is 104 Å². The summed E-state index contributed by atoms with van der Waals surface area (Å²) in [6.45, 7) is 6.87. The van der Waals surface area contributed by atoms with Crippen molar-refractivity contribution in [3.63, 3.8) is 0 Å². The van der Waals surface area contributed by atoms with Crippen LogP contribution in [0.1, 0.15) is 38.8 Å². The van der Waals surface area contributed by atoms with Crippen LogP contribution in [0.25, 0.3) is 0 Å².